The number of nitrogens with one attached hydrogen (secondary N) is 1. The molecule has 1 fully saturated rings. The van der Waals surface area contributed by atoms with Crippen molar-refractivity contribution in [3.8, 4) is 0 Å². The van der Waals surface area contributed by atoms with Crippen molar-refractivity contribution in [2.45, 2.75) is 32.1 Å². The number of likely N-dealkylation sites (N-methyl/N-ethyl adjacent to an activating group) is 2. The van der Waals surface area contributed by atoms with E-state index in [0.29, 0.717) is 32.6 Å². The molecule has 1 heterocycles. The van der Waals surface area contributed by atoms with Crippen LogP contribution in [0, 0.1) is 6.92 Å². The number of carbonyl (C=O) groups excluding carboxylic acids is 2. The summed E-state index contributed by atoms with van der Waals surface area (Å²) in [6.45, 7) is 5.68. The van der Waals surface area contributed by atoms with E-state index in [-0.39, 0.29) is 18.4 Å². The average molecular weight is 318 g/mol. The third kappa shape index (κ3) is 3.72. The van der Waals surface area contributed by atoms with Crippen molar-refractivity contribution in [2.24, 2.45) is 0 Å². The summed E-state index contributed by atoms with van der Waals surface area (Å²) in [5, 5.41) is 2.74. The van der Waals surface area contributed by atoms with Crippen LogP contribution >= 0.6 is 0 Å². The molecule has 0 spiro atoms. The summed E-state index contributed by atoms with van der Waals surface area (Å²) < 4.78 is 5.49. The van der Waals surface area contributed by atoms with Gasteiger partial charge in [-0.15, -0.1) is 0 Å². The van der Waals surface area contributed by atoms with Crippen LogP contribution in [0.1, 0.15) is 30.9 Å². The van der Waals surface area contributed by atoms with Crippen LogP contribution in [0.2, 0.25) is 0 Å². The van der Waals surface area contributed by atoms with Gasteiger partial charge in [0.25, 0.3) is 0 Å². The first-order valence-electron chi connectivity index (χ1n) is 8.17. The minimum atomic E-state index is -0.592. The lowest BCUT2D eigenvalue weighted by Crippen LogP contribution is -2.51. The molecule has 2 rings (SSSR count). The Balaban J connectivity index is 2.29. The standard InChI is InChI=1S/C18H26N2O3/c1-4-19-16(21)13-20(3)17(22)18(9-11-23-12-10-18)15-8-6-5-7-14(15)2/h5-8H,4,9-13H2,1-3H3,(H,19,21). The molecule has 126 valence electrons. The van der Waals surface area contributed by atoms with Gasteiger partial charge in [-0.3, -0.25) is 9.59 Å². The zero-order valence-corrected chi connectivity index (χ0v) is 14.2. The molecule has 0 radical (unpaired) electrons. The summed E-state index contributed by atoms with van der Waals surface area (Å²) in [4.78, 5) is 26.6. The number of nitrogens with zero attached hydrogens (tertiary/aromatic N) is 1. The largest absolute Gasteiger partial charge is 0.381 e. The van der Waals surface area contributed by atoms with E-state index in [1.54, 1.807) is 11.9 Å². The molecule has 2 amide bonds. The van der Waals surface area contributed by atoms with E-state index in [1.807, 2.05) is 38.1 Å². The smallest absolute Gasteiger partial charge is 0.239 e. The molecule has 0 unspecified atom stereocenters. The third-order valence-corrected chi connectivity index (χ3v) is 4.52. The summed E-state index contributed by atoms with van der Waals surface area (Å²) >= 11 is 0. The van der Waals surface area contributed by atoms with E-state index < -0.39 is 5.41 Å². The minimum absolute atomic E-state index is 0.00125. The van der Waals surface area contributed by atoms with Crippen LogP contribution in [-0.2, 0) is 19.7 Å². The first-order valence-corrected chi connectivity index (χ1v) is 8.17. The molecule has 0 bridgehead atoms. The van der Waals surface area contributed by atoms with Gasteiger partial charge in [-0.05, 0) is 37.8 Å². The maximum absolute atomic E-state index is 13.2. The molecule has 1 saturated heterocycles. The summed E-state index contributed by atoms with van der Waals surface area (Å²) in [7, 11) is 1.70. The predicted molar refractivity (Wildman–Crippen MR) is 89.2 cm³/mol. The van der Waals surface area contributed by atoms with Gasteiger partial charge in [0.15, 0.2) is 0 Å². The van der Waals surface area contributed by atoms with E-state index in [0.717, 1.165) is 11.1 Å². The van der Waals surface area contributed by atoms with Crippen molar-refractivity contribution in [1.29, 1.82) is 0 Å². The van der Waals surface area contributed by atoms with Crippen LogP contribution in [0.4, 0.5) is 0 Å². The Morgan fingerprint density at radius 2 is 1.91 bits per heavy atom. The highest BCUT2D eigenvalue weighted by Crippen LogP contribution is 2.38. The molecular weight excluding hydrogens is 292 g/mol. The quantitative estimate of drug-likeness (QED) is 0.898. The number of amides is 2. The second kappa shape index (κ2) is 7.59. The average Bonchev–Trinajstić information content (AvgIpc) is 2.55. The molecule has 1 N–H and O–H groups in total. The lowest BCUT2D eigenvalue weighted by Gasteiger charge is -2.39. The van der Waals surface area contributed by atoms with Crippen LogP contribution in [-0.4, -0.2) is 50.1 Å². The van der Waals surface area contributed by atoms with Gasteiger partial charge in [-0.25, -0.2) is 0 Å². The second-order valence-electron chi connectivity index (χ2n) is 6.12. The number of rotatable bonds is 5. The van der Waals surface area contributed by atoms with Crippen LogP contribution in [0.5, 0.6) is 0 Å². The van der Waals surface area contributed by atoms with Crippen molar-refractivity contribution in [2.75, 3.05) is 33.4 Å². The number of hydrogen-bond donors (Lipinski definition) is 1. The van der Waals surface area contributed by atoms with Gasteiger partial charge in [-0.1, -0.05) is 24.3 Å². The Morgan fingerprint density at radius 1 is 1.26 bits per heavy atom. The zero-order chi connectivity index (χ0) is 16.9. The molecule has 23 heavy (non-hydrogen) atoms. The molecule has 1 aliphatic heterocycles. The summed E-state index contributed by atoms with van der Waals surface area (Å²) in [6.07, 6.45) is 1.30. The van der Waals surface area contributed by atoms with E-state index in [2.05, 4.69) is 5.32 Å². The molecule has 1 aromatic carbocycles. The maximum atomic E-state index is 13.2. The van der Waals surface area contributed by atoms with Gasteiger partial charge in [-0.2, -0.15) is 0 Å². The van der Waals surface area contributed by atoms with Gasteiger partial charge in [0, 0.05) is 26.8 Å². The molecule has 5 nitrogen and oxygen atoms in total. The Bertz CT molecular complexity index is 565. The number of aryl methyl sites for hydroxylation is 1. The minimum Gasteiger partial charge on any atom is -0.381 e. The van der Waals surface area contributed by atoms with Gasteiger partial charge in [0.2, 0.25) is 11.8 Å². The summed E-state index contributed by atoms with van der Waals surface area (Å²) in [5.74, 6) is -0.128. The number of benzene rings is 1. The van der Waals surface area contributed by atoms with Crippen molar-refractivity contribution in [3.05, 3.63) is 35.4 Å². The van der Waals surface area contributed by atoms with Gasteiger partial charge >= 0.3 is 0 Å². The Labute approximate surface area is 138 Å². The molecule has 1 aromatic rings. The van der Waals surface area contributed by atoms with E-state index in [9.17, 15) is 9.59 Å². The normalized spacial score (nSPS) is 16.7. The summed E-state index contributed by atoms with van der Waals surface area (Å²) in [6, 6.07) is 8.01. The second-order valence-corrected chi connectivity index (χ2v) is 6.12. The monoisotopic (exact) mass is 318 g/mol. The molecule has 0 atom stereocenters. The molecular formula is C18H26N2O3. The van der Waals surface area contributed by atoms with E-state index >= 15 is 0 Å². The number of carbonyl (C=O) groups is 2. The molecule has 0 aliphatic carbocycles. The highest BCUT2D eigenvalue weighted by Gasteiger charge is 2.44. The molecule has 0 saturated carbocycles. The molecule has 5 heteroatoms. The van der Waals surface area contributed by atoms with Gasteiger partial charge in [0.05, 0.1) is 12.0 Å². The van der Waals surface area contributed by atoms with Crippen molar-refractivity contribution >= 4 is 11.8 Å². The van der Waals surface area contributed by atoms with Crippen molar-refractivity contribution in [3.63, 3.8) is 0 Å². The number of ether oxygens (including phenoxy) is 1. The third-order valence-electron chi connectivity index (χ3n) is 4.52. The topological polar surface area (TPSA) is 58.6 Å². The Morgan fingerprint density at radius 3 is 2.52 bits per heavy atom. The zero-order valence-electron chi connectivity index (χ0n) is 14.2. The fourth-order valence-electron chi connectivity index (χ4n) is 3.33. The van der Waals surface area contributed by atoms with Crippen molar-refractivity contribution < 1.29 is 14.3 Å². The first kappa shape index (κ1) is 17.5. The summed E-state index contributed by atoms with van der Waals surface area (Å²) in [5.41, 5.74) is 1.57. The lowest BCUT2D eigenvalue weighted by molar-refractivity contribution is -0.142. The van der Waals surface area contributed by atoms with Crippen molar-refractivity contribution in [1.82, 2.24) is 10.2 Å². The van der Waals surface area contributed by atoms with Gasteiger partial charge in [0.1, 0.15) is 0 Å². The lowest BCUT2D eigenvalue weighted by atomic mass is 9.71. The fraction of sp³-hybridized carbons (Fsp3) is 0.556. The van der Waals surface area contributed by atoms with Crippen LogP contribution in [0.15, 0.2) is 24.3 Å². The SMILES string of the molecule is CCNC(=O)CN(C)C(=O)C1(c2ccccc2C)CCOCC1. The molecule has 0 aromatic heterocycles. The Hall–Kier alpha value is -1.88. The maximum Gasteiger partial charge on any atom is 0.239 e. The molecule has 1 aliphatic rings. The van der Waals surface area contributed by atoms with Crippen LogP contribution in [0.25, 0.3) is 0 Å². The first-order chi connectivity index (χ1) is 11.0. The van der Waals surface area contributed by atoms with Gasteiger partial charge < -0.3 is 15.0 Å². The predicted octanol–water partition coefficient (Wildman–Crippen LogP) is 1.64. The van der Waals surface area contributed by atoms with Crippen LogP contribution in [0.3, 0.4) is 0 Å². The van der Waals surface area contributed by atoms with Crippen LogP contribution < -0.4 is 5.32 Å². The number of hydrogen-bond acceptors (Lipinski definition) is 3. The Kier molecular flexibility index (Phi) is 5.77. The highest BCUT2D eigenvalue weighted by atomic mass is 16.5. The van der Waals surface area contributed by atoms with E-state index in [4.69, 9.17) is 4.74 Å². The highest BCUT2D eigenvalue weighted by molar-refractivity contribution is 5.92. The van der Waals surface area contributed by atoms with E-state index in [1.165, 1.54) is 0 Å². The fourth-order valence-corrected chi connectivity index (χ4v) is 3.33.